The lowest BCUT2D eigenvalue weighted by Gasteiger charge is -2.19. The molecule has 3 aromatic rings. The molecule has 0 spiro atoms. The summed E-state index contributed by atoms with van der Waals surface area (Å²) in [5, 5.41) is 0.480. The average molecular weight is 459 g/mol. The number of carbonyl (C=O) groups is 1. The Labute approximate surface area is 172 Å². The van der Waals surface area contributed by atoms with Gasteiger partial charge in [-0.1, -0.05) is 27.6 Å². The maximum absolute atomic E-state index is 13.6. The van der Waals surface area contributed by atoms with Gasteiger partial charge in [0.15, 0.2) is 0 Å². The fraction of sp³-hybridized carbons (Fsp3) is 0.238. The molecule has 1 aromatic heterocycles. The number of rotatable bonds is 3. The third-order valence-corrected chi connectivity index (χ3v) is 7.39. The predicted molar refractivity (Wildman–Crippen MR) is 111 cm³/mol. The van der Waals surface area contributed by atoms with Crippen molar-refractivity contribution in [2.75, 3.05) is 13.1 Å². The van der Waals surface area contributed by atoms with Gasteiger partial charge >= 0.3 is 0 Å². The molecule has 144 valence electrons. The second kappa shape index (κ2) is 7.29. The molecule has 0 atom stereocenters. The first-order valence-electron chi connectivity index (χ1n) is 9.07. The molecule has 0 aliphatic carbocycles. The van der Waals surface area contributed by atoms with Crippen molar-refractivity contribution in [3.8, 4) is 0 Å². The number of amides is 1. The summed E-state index contributed by atoms with van der Waals surface area (Å²) < 4.78 is 28.0. The molecule has 0 unspecified atom stereocenters. The smallest absolute Gasteiger partial charge is 0.256 e. The third-order valence-electron chi connectivity index (χ3n) is 4.99. The van der Waals surface area contributed by atoms with Crippen molar-refractivity contribution in [2.45, 2.75) is 29.6 Å². The monoisotopic (exact) mass is 458 g/mol. The zero-order valence-electron chi connectivity index (χ0n) is 15.4. The maximum Gasteiger partial charge on any atom is 0.256 e. The summed E-state index contributed by atoms with van der Waals surface area (Å²) >= 11 is 3.33. The van der Waals surface area contributed by atoms with Crippen molar-refractivity contribution >= 4 is 42.6 Å². The SMILES string of the molecule is Cc1ccc2ncc(C(=O)N3CCCC3)c(S(=O)(=O)c3ccc(Br)cc3)c2c1. The molecule has 0 saturated carbocycles. The molecule has 2 aromatic carbocycles. The summed E-state index contributed by atoms with van der Waals surface area (Å²) in [6.45, 7) is 3.18. The van der Waals surface area contributed by atoms with E-state index in [-0.39, 0.29) is 21.3 Å². The molecule has 1 saturated heterocycles. The van der Waals surface area contributed by atoms with E-state index in [1.54, 1.807) is 41.3 Å². The van der Waals surface area contributed by atoms with Gasteiger partial charge in [-0.25, -0.2) is 8.42 Å². The van der Waals surface area contributed by atoms with E-state index < -0.39 is 9.84 Å². The van der Waals surface area contributed by atoms with Crippen LogP contribution in [0.5, 0.6) is 0 Å². The summed E-state index contributed by atoms with van der Waals surface area (Å²) in [6, 6.07) is 11.9. The first-order chi connectivity index (χ1) is 13.4. The number of benzene rings is 2. The van der Waals surface area contributed by atoms with Crippen LogP contribution in [0.1, 0.15) is 28.8 Å². The molecule has 1 fully saturated rings. The molecule has 0 bridgehead atoms. The Morgan fingerprint density at radius 2 is 1.75 bits per heavy atom. The van der Waals surface area contributed by atoms with Crippen LogP contribution in [0.2, 0.25) is 0 Å². The highest BCUT2D eigenvalue weighted by Gasteiger charge is 2.31. The zero-order chi connectivity index (χ0) is 19.9. The van der Waals surface area contributed by atoms with E-state index in [0.29, 0.717) is 24.0 Å². The summed E-state index contributed by atoms with van der Waals surface area (Å²) in [6.07, 6.45) is 3.27. The van der Waals surface area contributed by atoms with Gasteiger partial charge in [-0.2, -0.15) is 0 Å². The van der Waals surface area contributed by atoms with E-state index in [0.717, 1.165) is 22.9 Å². The van der Waals surface area contributed by atoms with Crippen molar-refractivity contribution < 1.29 is 13.2 Å². The number of pyridine rings is 1. The normalized spacial score (nSPS) is 14.6. The van der Waals surface area contributed by atoms with Crippen LogP contribution in [-0.4, -0.2) is 37.3 Å². The molecule has 1 aliphatic heterocycles. The largest absolute Gasteiger partial charge is 0.339 e. The molecule has 2 heterocycles. The average Bonchev–Trinajstić information content (AvgIpc) is 3.21. The van der Waals surface area contributed by atoms with Gasteiger partial charge in [0.25, 0.3) is 5.91 Å². The van der Waals surface area contributed by atoms with E-state index in [2.05, 4.69) is 20.9 Å². The van der Waals surface area contributed by atoms with Gasteiger partial charge in [-0.3, -0.25) is 9.78 Å². The van der Waals surface area contributed by atoms with Crippen molar-refractivity contribution in [3.63, 3.8) is 0 Å². The fourth-order valence-electron chi connectivity index (χ4n) is 3.55. The van der Waals surface area contributed by atoms with Crippen LogP contribution in [0, 0.1) is 6.92 Å². The minimum atomic E-state index is -3.91. The number of hydrogen-bond donors (Lipinski definition) is 0. The summed E-state index contributed by atoms with van der Waals surface area (Å²) in [7, 11) is -3.91. The van der Waals surface area contributed by atoms with Gasteiger partial charge < -0.3 is 4.90 Å². The molecule has 7 heteroatoms. The van der Waals surface area contributed by atoms with E-state index in [9.17, 15) is 13.2 Å². The van der Waals surface area contributed by atoms with Crippen LogP contribution in [0.4, 0.5) is 0 Å². The van der Waals surface area contributed by atoms with Crippen LogP contribution in [0.25, 0.3) is 10.9 Å². The highest BCUT2D eigenvalue weighted by Crippen LogP contribution is 2.33. The highest BCUT2D eigenvalue weighted by molar-refractivity contribution is 9.10. The van der Waals surface area contributed by atoms with E-state index in [4.69, 9.17) is 0 Å². The van der Waals surface area contributed by atoms with Crippen molar-refractivity contribution in [3.05, 3.63) is 64.3 Å². The minimum absolute atomic E-state index is 0.0421. The van der Waals surface area contributed by atoms with E-state index in [1.165, 1.54) is 6.20 Å². The Morgan fingerprint density at radius 1 is 1.07 bits per heavy atom. The van der Waals surface area contributed by atoms with E-state index >= 15 is 0 Å². The Bertz CT molecular complexity index is 1170. The number of nitrogens with zero attached hydrogens (tertiary/aromatic N) is 2. The molecule has 4 rings (SSSR count). The second-order valence-corrected chi connectivity index (χ2v) is 9.78. The number of sulfone groups is 1. The zero-order valence-corrected chi connectivity index (χ0v) is 17.8. The summed E-state index contributed by atoms with van der Waals surface area (Å²) in [5.74, 6) is -0.274. The lowest BCUT2D eigenvalue weighted by molar-refractivity contribution is 0.0789. The van der Waals surface area contributed by atoms with Crippen LogP contribution in [0.3, 0.4) is 0 Å². The Kier molecular flexibility index (Phi) is 4.97. The number of aryl methyl sites for hydroxylation is 1. The predicted octanol–water partition coefficient (Wildman–Crippen LogP) is 4.37. The number of halogens is 1. The molecule has 0 radical (unpaired) electrons. The van der Waals surface area contributed by atoms with Crippen molar-refractivity contribution in [2.24, 2.45) is 0 Å². The standard InChI is InChI=1S/C21H19BrN2O3S/c1-14-4-9-19-17(12-14)20(28(26,27)16-7-5-15(22)6-8-16)18(13-23-19)21(25)24-10-2-3-11-24/h4-9,12-13H,2-3,10-11H2,1H3. The number of likely N-dealkylation sites (tertiary alicyclic amines) is 1. The Balaban J connectivity index is 2.00. The third kappa shape index (κ3) is 3.33. The van der Waals surface area contributed by atoms with Crippen molar-refractivity contribution in [1.82, 2.24) is 9.88 Å². The molecular formula is C21H19BrN2O3S. The number of aromatic nitrogens is 1. The lowest BCUT2D eigenvalue weighted by Crippen LogP contribution is -2.29. The first kappa shape index (κ1) is 19.1. The van der Waals surface area contributed by atoms with Gasteiger partial charge in [-0.05, 0) is 56.2 Å². The van der Waals surface area contributed by atoms with E-state index in [1.807, 2.05) is 13.0 Å². The lowest BCUT2D eigenvalue weighted by atomic mass is 10.1. The molecule has 1 aliphatic rings. The minimum Gasteiger partial charge on any atom is -0.339 e. The molecular weight excluding hydrogens is 440 g/mol. The number of fused-ring (bicyclic) bond motifs is 1. The maximum atomic E-state index is 13.6. The van der Waals surface area contributed by atoms with Crippen LogP contribution in [0.15, 0.2) is 62.9 Å². The fourth-order valence-corrected chi connectivity index (χ4v) is 5.42. The van der Waals surface area contributed by atoms with Crippen LogP contribution < -0.4 is 0 Å². The van der Waals surface area contributed by atoms with Gasteiger partial charge in [-0.15, -0.1) is 0 Å². The first-order valence-corrected chi connectivity index (χ1v) is 11.3. The van der Waals surface area contributed by atoms with Crippen molar-refractivity contribution in [1.29, 1.82) is 0 Å². The Morgan fingerprint density at radius 3 is 2.43 bits per heavy atom. The number of carbonyl (C=O) groups excluding carboxylic acids is 1. The highest BCUT2D eigenvalue weighted by atomic mass is 79.9. The summed E-state index contributed by atoms with van der Waals surface area (Å²) in [5.41, 5.74) is 1.61. The van der Waals surface area contributed by atoms with Gasteiger partial charge in [0, 0.05) is 29.1 Å². The summed E-state index contributed by atoms with van der Waals surface area (Å²) in [4.78, 5) is 19.4. The van der Waals surface area contributed by atoms with Gasteiger partial charge in [0.1, 0.15) is 0 Å². The molecule has 28 heavy (non-hydrogen) atoms. The topological polar surface area (TPSA) is 67.3 Å². The quantitative estimate of drug-likeness (QED) is 0.583. The number of hydrogen-bond acceptors (Lipinski definition) is 4. The molecule has 5 nitrogen and oxygen atoms in total. The Hall–Kier alpha value is -2.25. The molecule has 1 amide bonds. The van der Waals surface area contributed by atoms with Gasteiger partial charge in [0.05, 0.1) is 20.9 Å². The molecule has 0 N–H and O–H groups in total. The second-order valence-electron chi connectivity index (χ2n) is 6.98. The van der Waals surface area contributed by atoms with Crippen LogP contribution in [-0.2, 0) is 9.84 Å². The van der Waals surface area contributed by atoms with Crippen LogP contribution >= 0.6 is 15.9 Å². The van der Waals surface area contributed by atoms with Gasteiger partial charge in [0.2, 0.25) is 9.84 Å².